The fourth-order valence-corrected chi connectivity index (χ4v) is 2.68. The average molecular weight is 213 g/mol. The van der Waals surface area contributed by atoms with Gasteiger partial charge in [0.1, 0.15) is 0 Å². The highest BCUT2D eigenvalue weighted by Gasteiger charge is 2.30. The van der Waals surface area contributed by atoms with Gasteiger partial charge in [-0.2, -0.15) is 0 Å². The summed E-state index contributed by atoms with van der Waals surface area (Å²) < 4.78 is 0. The third kappa shape index (κ3) is 4.52. The molecule has 0 heterocycles. The minimum atomic E-state index is 0.351. The lowest BCUT2D eigenvalue weighted by molar-refractivity contribution is 0.125. The SMILES string of the molecule is CC(C)CNCC1(CCO)CCCCC1. The van der Waals surface area contributed by atoms with Crippen molar-refractivity contribution in [3.8, 4) is 0 Å². The second-order valence-electron chi connectivity index (χ2n) is 5.56. The molecule has 0 aromatic carbocycles. The molecule has 1 rings (SSSR count). The van der Waals surface area contributed by atoms with Crippen LogP contribution in [0.4, 0.5) is 0 Å². The molecule has 90 valence electrons. The van der Waals surface area contributed by atoms with Gasteiger partial charge in [-0.3, -0.25) is 0 Å². The van der Waals surface area contributed by atoms with E-state index in [9.17, 15) is 0 Å². The molecular weight excluding hydrogens is 186 g/mol. The molecule has 1 fully saturated rings. The highest BCUT2D eigenvalue weighted by Crippen LogP contribution is 2.38. The minimum absolute atomic E-state index is 0.351. The lowest BCUT2D eigenvalue weighted by atomic mass is 9.72. The van der Waals surface area contributed by atoms with Gasteiger partial charge in [0, 0.05) is 13.2 Å². The van der Waals surface area contributed by atoms with Crippen LogP contribution in [0.1, 0.15) is 52.4 Å². The topological polar surface area (TPSA) is 32.3 Å². The molecule has 0 amide bonds. The number of rotatable bonds is 6. The summed E-state index contributed by atoms with van der Waals surface area (Å²) >= 11 is 0. The zero-order valence-electron chi connectivity index (χ0n) is 10.4. The van der Waals surface area contributed by atoms with Crippen LogP contribution >= 0.6 is 0 Å². The van der Waals surface area contributed by atoms with Gasteiger partial charge in [-0.05, 0) is 37.1 Å². The van der Waals surface area contributed by atoms with Crippen LogP contribution in [0.5, 0.6) is 0 Å². The van der Waals surface area contributed by atoms with Gasteiger partial charge in [-0.1, -0.05) is 33.1 Å². The summed E-state index contributed by atoms with van der Waals surface area (Å²) in [5, 5.41) is 12.7. The molecule has 0 saturated heterocycles. The number of aliphatic hydroxyl groups excluding tert-OH is 1. The van der Waals surface area contributed by atoms with E-state index in [-0.39, 0.29) is 0 Å². The quantitative estimate of drug-likeness (QED) is 0.711. The molecule has 0 aromatic heterocycles. The molecule has 0 aliphatic heterocycles. The maximum Gasteiger partial charge on any atom is 0.0436 e. The third-order valence-electron chi connectivity index (χ3n) is 3.61. The van der Waals surface area contributed by atoms with E-state index in [0.29, 0.717) is 12.0 Å². The van der Waals surface area contributed by atoms with Crippen molar-refractivity contribution in [2.24, 2.45) is 11.3 Å². The van der Waals surface area contributed by atoms with Gasteiger partial charge >= 0.3 is 0 Å². The molecule has 1 saturated carbocycles. The molecule has 1 aliphatic carbocycles. The normalized spacial score (nSPS) is 20.8. The van der Waals surface area contributed by atoms with E-state index in [1.807, 2.05) is 0 Å². The van der Waals surface area contributed by atoms with Crippen molar-refractivity contribution in [3.05, 3.63) is 0 Å². The lowest BCUT2D eigenvalue weighted by Crippen LogP contribution is -2.38. The average Bonchev–Trinajstić information content (AvgIpc) is 2.19. The molecule has 15 heavy (non-hydrogen) atoms. The largest absolute Gasteiger partial charge is 0.396 e. The van der Waals surface area contributed by atoms with Crippen LogP contribution in [0, 0.1) is 11.3 Å². The van der Waals surface area contributed by atoms with E-state index >= 15 is 0 Å². The highest BCUT2D eigenvalue weighted by molar-refractivity contribution is 4.84. The van der Waals surface area contributed by atoms with E-state index in [2.05, 4.69) is 19.2 Å². The fourth-order valence-electron chi connectivity index (χ4n) is 2.68. The predicted molar refractivity (Wildman–Crippen MR) is 64.9 cm³/mol. The Morgan fingerprint density at radius 2 is 1.87 bits per heavy atom. The molecule has 2 heteroatoms. The monoisotopic (exact) mass is 213 g/mol. The van der Waals surface area contributed by atoms with Crippen molar-refractivity contribution in [1.82, 2.24) is 5.32 Å². The first-order chi connectivity index (χ1) is 7.18. The maximum absolute atomic E-state index is 9.16. The first-order valence-electron chi connectivity index (χ1n) is 6.50. The van der Waals surface area contributed by atoms with E-state index in [1.54, 1.807) is 0 Å². The zero-order chi connectivity index (χ0) is 11.1. The van der Waals surface area contributed by atoms with Crippen molar-refractivity contribution < 1.29 is 5.11 Å². The second-order valence-corrected chi connectivity index (χ2v) is 5.56. The first kappa shape index (κ1) is 13.0. The molecule has 0 radical (unpaired) electrons. The van der Waals surface area contributed by atoms with Gasteiger partial charge in [-0.25, -0.2) is 0 Å². The molecule has 0 unspecified atom stereocenters. The van der Waals surface area contributed by atoms with Crippen LogP contribution < -0.4 is 5.32 Å². The van der Waals surface area contributed by atoms with E-state index < -0.39 is 0 Å². The summed E-state index contributed by atoms with van der Waals surface area (Å²) in [6.45, 7) is 7.04. The maximum atomic E-state index is 9.16. The zero-order valence-corrected chi connectivity index (χ0v) is 10.4. The Morgan fingerprint density at radius 3 is 2.40 bits per heavy atom. The molecule has 0 spiro atoms. The highest BCUT2D eigenvalue weighted by atomic mass is 16.3. The second kappa shape index (κ2) is 6.49. The number of hydrogen-bond donors (Lipinski definition) is 2. The van der Waals surface area contributed by atoms with E-state index in [1.165, 1.54) is 32.1 Å². The van der Waals surface area contributed by atoms with Gasteiger partial charge in [0.25, 0.3) is 0 Å². The molecular formula is C13H27NO. The van der Waals surface area contributed by atoms with Crippen LogP contribution in [-0.2, 0) is 0 Å². The van der Waals surface area contributed by atoms with Crippen LogP contribution in [-0.4, -0.2) is 24.8 Å². The van der Waals surface area contributed by atoms with Gasteiger partial charge in [0.2, 0.25) is 0 Å². The summed E-state index contributed by atoms with van der Waals surface area (Å²) in [5.74, 6) is 0.722. The summed E-state index contributed by atoms with van der Waals surface area (Å²) in [5.41, 5.74) is 0.405. The Kier molecular flexibility index (Phi) is 5.62. The predicted octanol–water partition coefficient (Wildman–Crippen LogP) is 2.56. The van der Waals surface area contributed by atoms with Crippen molar-refractivity contribution in [3.63, 3.8) is 0 Å². The third-order valence-corrected chi connectivity index (χ3v) is 3.61. The van der Waals surface area contributed by atoms with Crippen LogP contribution in [0.15, 0.2) is 0 Å². The van der Waals surface area contributed by atoms with Crippen LogP contribution in [0.3, 0.4) is 0 Å². The molecule has 0 bridgehead atoms. The number of aliphatic hydroxyl groups is 1. The van der Waals surface area contributed by atoms with Crippen molar-refractivity contribution >= 4 is 0 Å². The van der Waals surface area contributed by atoms with Crippen LogP contribution in [0.25, 0.3) is 0 Å². The molecule has 2 N–H and O–H groups in total. The number of nitrogens with one attached hydrogen (secondary N) is 1. The summed E-state index contributed by atoms with van der Waals surface area (Å²) in [7, 11) is 0. The van der Waals surface area contributed by atoms with Crippen LogP contribution in [0.2, 0.25) is 0 Å². The minimum Gasteiger partial charge on any atom is -0.396 e. The Morgan fingerprint density at radius 1 is 1.20 bits per heavy atom. The summed E-state index contributed by atoms with van der Waals surface area (Å²) in [4.78, 5) is 0. The fraction of sp³-hybridized carbons (Fsp3) is 1.00. The van der Waals surface area contributed by atoms with Crippen molar-refractivity contribution in [2.75, 3.05) is 19.7 Å². The van der Waals surface area contributed by atoms with Gasteiger partial charge < -0.3 is 10.4 Å². The van der Waals surface area contributed by atoms with Gasteiger partial charge in [-0.15, -0.1) is 0 Å². The first-order valence-corrected chi connectivity index (χ1v) is 6.50. The van der Waals surface area contributed by atoms with E-state index in [0.717, 1.165) is 25.4 Å². The Labute approximate surface area is 94.5 Å². The standard InChI is InChI=1S/C13H27NO/c1-12(2)10-14-11-13(8-9-15)6-4-3-5-7-13/h12,14-15H,3-11H2,1-2H3. The molecule has 0 aromatic rings. The Bertz CT molecular complexity index is 156. The molecule has 1 aliphatic rings. The van der Waals surface area contributed by atoms with E-state index in [4.69, 9.17) is 5.11 Å². The molecule has 2 nitrogen and oxygen atoms in total. The van der Waals surface area contributed by atoms with Crippen molar-refractivity contribution in [1.29, 1.82) is 0 Å². The lowest BCUT2D eigenvalue weighted by Gasteiger charge is -2.37. The Hall–Kier alpha value is -0.0800. The smallest absolute Gasteiger partial charge is 0.0436 e. The molecule has 0 atom stereocenters. The number of hydrogen-bond acceptors (Lipinski definition) is 2. The Balaban J connectivity index is 2.34. The van der Waals surface area contributed by atoms with Gasteiger partial charge in [0.05, 0.1) is 0 Å². The summed E-state index contributed by atoms with van der Waals surface area (Å²) in [6.07, 6.45) is 7.68. The van der Waals surface area contributed by atoms with Gasteiger partial charge in [0.15, 0.2) is 0 Å². The van der Waals surface area contributed by atoms with Crippen molar-refractivity contribution in [2.45, 2.75) is 52.4 Å². The summed E-state index contributed by atoms with van der Waals surface area (Å²) in [6, 6.07) is 0.